The molecule has 2 N–H and O–H groups in total. The second kappa shape index (κ2) is 6.06. The quantitative estimate of drug-likeness (QED) is 0.872. The van der Waals surface area contributed by atoms with Crippen molar-refractivity contribution >= 4 is 5.91 Å². The Morgan fingerprint density at radius 2 is 2.00 bits per heavy atom. The molecule has 1 amide bonds. The fourth-order valence-corrected chi connectivity index (χ4v) is 3.14. The van der Waals surface area contributed by atoms with Gasteiger partial charge in [0.2, 0.25) is 5.91 Å². The summed E-state index contributed by atoms with van der Waals surface area (Å²) >= 11 is 0. The number of methoxy groups -OCH3 is 1. The summed E-state index contributed by atoms with van der Waals surface area (Å²) in [6.45, 7) is 3.88. The summed E-state index contributed by atoms with van der Waals surface area (Å²) in [7, 11) is 1.67. The minimum atomic E-state index is 0.101. The summed E-state index contributed by atoms with van der Waals surface area (Å²) in [4.78, 5) is 12.5. The number of hydrogen-bond acceptors (Lipinski definition) is 3. The largest absolute Gasteiger partial charge is 0.497 e. The van der Waals surface area contributed by atoms with Gasteiger partial charge in [0.1, 0.15) is 5.75 Å². The molecule has 2 fully saturated rings. The van der Waals surface area contributed by atoms with Crippen LogP contribution in [-0.4, -0.2) is 26.1 Å². The molecule has 2 aliphatic rings. The van der Waals surface area contributed by atoms with Gasteiger partial charge in [-0.2, -0.15) is 0 Å². The number of hydrogen-bond donors (Lipinski definition) is 2. The number of ether oxygens (including phenoxy) is 1. The van der Waals surface area contributed by atoms with Crippen molar-refractivity contribution in [2.75, 3.05) is 20.2 Å². The van der Waals surface area contributed by atoms with Crippen LogP contribution in [0, 0.1) is 17.8 Å². The molecular weight excluding hydrogens is 264 g/mol. The highest BCUT2D eigenvalue weighted by atomic mass is 16.5. The zero-order valence-corrected chi connectivity index (χ0v) is 12.8. The van der Waals surface area contributed by atoms with Gasteiger partial charge in [0, 0.05) is 6.54 Å². The third kappa shape index (κ3) is 3.21. The van der Waals surface area contributed by atoms with Gasteiger partial charge in [-0.3, -0.25) is 4.79 Å². The van der Waals surface area contributed by atoms with E-state index in [1.165, 1.54) is 18.4 Å². The fraction of sp³-hybridized carbons (Fsp3) is 0.588. The van der Waals surface area contributed by atoms with E-state index in [-0.39, 0.29) is 17.9 Å². The third-order valence-corrected chi connectivity index (χ3v) is 4.72. The molecule has 3 rings (SSSR count). The molecule has 3 atom stereocenters. The van der Waals surface area contributed by atoms with Gasteiger partial charge in [-0.1, -0.05) is 19.1 Å². The molecule has 4 heteroatoms. The van der Waals surface area contributed by atoms with Crippen molar-refractivity contribution in [3.8, 4) is 5.75 Å². The lowest BCUT2D eigenvalue weighted by atomic mass is 9.95. The Balaban J connectivity index is 1.70. The highest BCUT2D eigenvalue weighted by molar-refractivity contribution is 5.80. The molecule has 114 valence electrons. The van der Waals surface area contributed by atoms with Crippen molar-refractivity contribution in [3.63, 3.8) is 0 Å². The predicted octanol–water partition coefficient (Wildman–Crippen LogP) is 2.12. The van der Waals surface area contributed by atoms with Crippen LogP contribution >= 0.6 is 0 Å². The van der Waals surface area contributed by atoms with Crippen LogP contribution < -0.4 is 15.4 Å². The van der Waals surface area contributed by atoms with E-state index in [4.69, 9.17) is 4.74 Å². The molecule has 1 saturated carbocycles. The smallest absolute Gasteiger partial charge is 0.225 e. The molecule has 3 unspecified atom stereocenters. The topological polar surface area (TPSA) is 50.4 Å². The minimum Gasteiger partial charge on any atom is -0.497 e. The fourth-order valence-electron chi connectivity index (χ4n) is 3.14. The predicted molar refractivity (Wildman–Crippen MR) is 82.1 cm³/mol. The molecule has 21 heavy (non-hydrogen) atoms. The second-order valence-corrected chi connectivity index (χ2v) is 6.34. The normalized spacial score (nSPS) is 26.4. The average molecular weight is 288 g/mol. The van der Waals surface area contributed by atoms with Gasteiger partial charge in [-0.05, 0) is 48.9 Å². The van der Waals surface area contributed by atoms with Crippen molar-refractivity contribution in [3.05, 3.63) is 29.8 Å². The SMILES string of the molecule is COc1ccc(C(NC(=O)C2CNCC2C)C2CC2)cc1. The highest BCUT2D eigenvalue weighted by Crippen LogP contribution is 2.41. The zero-order valence-electron chi connectivity index (χ0n) is 12.8. The first kappa shape index (κ1) is 14.4. The lowest BCUT2D eigenvalue weighted by molar-refractivity contribution is -0.126. The van der Waals surface area contributed by atoms with Crippen molar-refractivity contribution in [1.29, 1.82) is 0 Å². The Bertz CT molecular complexity index is 496. The molecule has 0 bridgehead atoms. The Hall–Kier alpha value is -1.55. The van der Waals surface area contributed by atoms with E-state index in [1.54, 1.807) is 7.11 Å². The number of benzene rings is 1. The van der Waals surface area contributed by atoms with E-state index in [9.17, 15) is 4.79 Å². The van der Waals surface area contributed by atoms with Crippen LogP contribution in [0.15, 0.2) is 24.3 Å². The first-order valence-corrected chi connectivity index (χ1v) is 7.84. The molecule has 1 aliphatic carbocycles. The van der Waals surface area contributed by atoms with Crippen LogP contribution in [0.1, 0.15) is 31.4 Å². The van der Waals surface area contributed by atoms with Crippen molar-refractivity contribution in [2.45, 2.75) is 25.8 Å². The maximum atomic E-state index is 12.5. The summed E-state index contributed by atoms with van der Waals surface area (Å²) in [5.74, 6) is 2.16. The molecule has 1 aliphatic heterocycles. The van der Waals surface area contributed by atoms with Crippen LogP contribution in [-0.2, 0) is 4.79 Å². The zero-order chi connectivity index (χ0) is 14.8. The van der Waals surface area contributed by atoms with E-state index in [0.29, 0.717) is 11.8 Å². The van der Waals surface area contributed by atoms with Crippen LogP contribution in [0.25, 0.3) is 0 Å². The second-order valence-electron chi connectivity index (χ2n) is 6.34. The van der Waals surface area contributed by atoms with Gasteiger partial charge >= 0.3 is 0 Å². The van der Waals surface area contributed by atoms with Crippen molar-refractivity contribution < 1.29 is 9.53 Å². The Morgan fingerprint density at radius 3 is 2.52 bits per heavy atom. The Morgan fingerprint density at radius 1 is 1.29 bits per heavy atom. The van der Waals surface area contributed by atoms with Gasteiger partial charge in [-0.15, -0.1) is 0 Å². The Kier molecular flexibility index (Phi) is 4.15. The number of carbonyl (C=O) groups is 1. The molecule has 4 nitrogen and oxygen atoms in total. The molecule has 1 aromatic rings. The van der Waals surface area contributed by atoms with Gasteiger partial charge < -0.3 is 15.4 Å². The maximum absolute atomic E-state index is 12.5. The molecule has 1 heterocycles. The monoisotopic (exact) mass is 288 g/mol. The molecular formula is C17H24N2O2. The highest BCUT2D eigenvalue weighted by Gasteiger charge is 2.36. The summed E-state index contributed by atoms with van der Waals surface area (Å²) < 4.78 is 5.21. The minimum absolute atomic E-state index is 0.101. The van der Waals surface area contributed by atoms with E-state index < -0.39 is 0 Å². The van der Waals surface area contributed by atoms with Crippen molar-refractivity contribution in [2.24, 2.45) is 17.8 Å². The number of nitrogens with one attached hydrogen (secondary N) is 2. The average Bonchev–Trinajstić information content (AvgIpc) is 3.26. The van der Waals surface area contributed by atoms with Crippen LogP contribution in [0.2, 0.25) is 0 Å². The van der Waals surface area contributed by atoms with Gasteiger partial charge in [0.05, 0.1) is 19.1 Å². The summed E-state index contributed by atoms with van der Waals surface area (Å²) in [6, 6.07) is 8.22. The van der Waals surface area contributed by atoms with Gasteiger partial charge in [0.15, 0.2) is 0 Å². The number of amides is 1. The molecule has 0 spiro atoms. The van der Waals surface area contributed by atoms with Crippen LogP contribution in [0.3, 0.4) is 0 Å². The first-order chi connectivity index (χ1) is 10.2. The maximum Gasteiger partial charge on any atom is 0.225 e. The van der Waals surface area contributed by atoms with E-state index in [2.05, 4.69) is 29.7 Å². The van der Waals surface area contributed by atoms with E-state index >= 15 is 0 Å². The molecule has 1 saturated heterocycles. The summed E-state index contributed by atoms with van der Waals surface area (Å²) in [5.41, 5.74) is 1.19. The molecule has 0 radical (unpaired) electrons. The van der Waals surface area contributed by atoms with Crippen LogP contribution in [0.5, 0.6) is 5.75 Å². The first-order valence-electron chi connectivity index (χ1n) is 7.84. The lowest BCUT2D eigenvalue weighted by Gasteiger charge is -2.22. The van der Waals surface area contributed by atoms with E-state index in [0.717, 1.165) is 18.8 Å². The van der Waals surface area contributed by atoms with Crippen molar-refractivity contribution in [1.82, 2.24) is 10.6 Å². The summed E-state index contributed by atoms with van der Waals surface area (Å²) in [5, 5.41) is 6.58. The van der Waals surface area contributed by atoms with Crippen LogP contribution in [0.4, 0.5) is 0 Å². The Labute approximate surface area is 126 Å². The standard InChI is InChI=1S/C17H24N2O2/c1-11-9-18-10-15(11)17(20)19-16(12-3-4-12)13-5-7-14(21-2)8-6-13/h5-8,11-12,15-16,18H,3-4,9-10H2,1-2H3,(H,19,20). The van der Waals surface area contributed by atoms with Gasteiger partial charge in [-0.25, -0.2) is 0 Å². The number of carbonyl (C=O) groups excluding carboxylic acids is 1. The molecule has 1 aromatic carbocycles. The van der Waals surface area contributed by atoms with Gasteiger partial charge in [0.25, 0.3) is 0 Å². The number of rotatable bonds is 5. The molecule has 0 aromatic heterocycles. The summed E-state index contributed by atoms with van der Waals surface area (Å²) in [6.07, 6.45) is 2.41. The lowest BCUT2D eigenvalue weighted by Crippen LogP contribution is -2.37. The third-order valence-electron chi connectivity index (χ3n) is 4.72. The van der Waals surface area contributed by atoms with E-state index in [1.807, 2.05) is 12.1 Å².